The zero-order valence-electron chi connectivity index (χ0n) is 27.0. The van der Waals surface area contributed by atoms with Gasteiger partial charge in [-0.1, -0.05) is 133 Å². The van der Waals surface area contributed by atoms with E-state index in [1.165, 1.54) is 27.1 Å². The van der Waals surface area contributed by atoms with Crippen LogP contribution >= 0.6 is 0 Å². The topological polar surface area (TPSA) is 48.5 Å². The molecule has 0 spiro atoms. The number of benzene rings is 7. The second-order valence-electron chi connectivity index (χ2n) is 12.5. The Morgan fingerprint density at radius 3 is 1.54 bits per heavy atom. The second-order valence-corrected chi connectivity index (χ2v) is 12.5. The Morgan fingerprint density at radius 2 is 0.860 bits per heavy atom. The van der Waals surface area contributed by atoms with Crippen LogP contribution in [0.1, 0.15) is 0 Å². The van der Waals surface area contributed by atoms with Crippen molar-refractivity contribution in [3.63, 3.8) is 0 Å². The van der Waals surface area contributed by atoms with Crippen LogP contribution in [0.4, 0.5) is 0 Å². The molecule has 0 bridgehead atoms. The fraction of sp³-hybridized carbons (Fsp3) is 0. The number of nitrogens with zero attached hydrogens (tertiary/aromatic N) is 5. The van der Waals surface area contributed by atoms with E-state index in [0.29, 0.717) is 17.5 Å². The van der Waals surface area contributed by atoms with Crippen LogP contribution in [0.3, 0.4) is 0 Å². The van der Waals surface area contributed by atoms with E-state index in [9.17, 15) is 0 Å². The average molecular weight is 640 g/mol. The van der Waals surface area contributed by atoms with Gasteiger partial charge in [0.15, 0.2) is 17.5 Å². The highest BCUT2D eigenvalue weighted by atomic mass is 15.1. The fourth-order valence-corrected chi connectivity index (χ4v) is 7.40. The van der Waals surface area contributed by atoms with Crippen LogP contribution < -0.4 is 0 Å². The van der Waals surface area contributed by atoms with Crippen LogP contribution in [0.25, 0.3) is 89.2 Å². The summed E-state index contributed by atoms with van der Waals surface area (Å²) in [6.45, 7) is 0. The summed E-state index contributed by atoms with van der Waals surface area (Å²) in [6.07, 6.45) is 0. The van der Waals surface area contributed by atoms with E-state index < -0.39 is 0 Å². The van der Waals surface area contributed by atoms with Crippen molar-refractivity contribution in [2.24, 2.45) is 0 Å². The molecule has 3 heterocycles. The normalized spacial score (nSPS) is 11.6. The monoisotopic (exact) mass is 639 g/mol. The van der Waals surface area contributed by atoms with Gasteiger partial charge >= 0.3 is 0 Å². The van der Waals surface area contributed by atoms with Gasteiger partial charge in [-0.05, 0) is 42.5 Å². The highest BCUT2D eigenvalue weighted by Gasteiger charge is 2.23. The summed E-state index contributed by atoms with van der Waals surface area (Å²) in [7, 11) is 0. The third-order valence-corrected chi connectivity index (χ3v) is 9.57. The van der Waals surface area contributed by atoms with Gasteiger partial charge in [0.1, 0.15) is 0 Å². The van der Waals surface area contributed by atoms with E-state index in [2.05, 4.69) is 124 Å². The van der Waals surface area contributed by atoms with Gasteiger partial charge in [0.25, 0.3) is 0 Å². The molecule has 0 saturated carbocycles. The van der Waals surface area contributed by atoms with E-state index in [4.69, 9.17) is 15.0 Å². The molecule has 0 unspecified atom stereocenters. The highest BCUT2D eigenvalue weighted by molar-refractivity contribution is 6.26. The zero-order valence-corrected chi connectivity index (χ0v) is 27.0. The third-order valence-electron chi connectivity index (χ3n) is 9.57. The Kier molecular flexibility index (Phi) is 6.42. The minimum Gasteiger partial charge on any atom is -0.309 e. The predicted molar refractivity (Wildman–Crippen MR) is 205 cm³/mol. The van der Waals surface area contributed by atoms with Gasteiger partial charge in [0.05, 0.1) is 27.8 Å². The SMILES string of the molecule is c1ccc(-c2nc(-c3ccccc3)nc(-c3ccccc3-n3c4ccccc4c4ccc5c(c6ccccc6n5-c5ccccc5)c43)n2)cc1. The summed E-state index contributed by atoms with van der Waals surface area (Å²) in [5.41, 5.74) is 9.56. The Bertz CT molecular complexity index is 2800. The molecule has 234 valence electrons. The molecule has 0 N–H and O–H groups in total. The number of hydrogen-bond donors (Lipinski definition) is 0. The van der Waals surface area contributed by atoms with Crippen molar-refractivity contribution in [3.05, 3.63) is 176 Å². The quantitative estimate of drug-likeness (QED) is 0.188. The average Bonchev–Trinajstić information content (AvgIpc) is 3.72. The van der Waals surface area contributed by atoms with E-state index in [-0.39, 0.29) is 0 Å². The van der Waals surface area contributed by atoms with Crippen molar-refractivity contribution in [1.29, 1.82) is 0 Å². The molecule has 10 rings (SSSR count). The summed E-state index contributed by atoms with van der Waals surface area (Å²) in [6, 6.07) is 61.4. The summed E-state index contributed by atoms with van der Waals surface area (Å²) >= 11 is 0. The largest absolute Gasteiger partial charge is 0.309 e. The molecule has 7 aromatic carbocycles. The molecule has 5 nitrogen and oxygen atoms in total. The summed E-state index contributed by atoms with van der Waals surface area (Å²) in [5, 5.41) is 4.81. The summed E-state index contributed by atoms with van der Waals surface area (Å²) in [5.74, 6) is 1.90. The Hall–Kier alpha value is -6.85. The molecule has 0 saturated heterocycles. The van der Waals surface area contributed by atoms with Crippen molar-refractivity contribution >= 4 is 43.6 Å². The van der Waals surface area contributed by atoms with Crippen LogP contribution in [0, 0.1) is 0 Å². The van der Waals surface area contributed by atoms with Gasteiger partial charge in [-0.2, -0.15) is 0 Å². The lowest BCUT2D eigenvalue weighted by Crippen LogP contribution is -2.03. The third kappa shape index (κ3) is 4.37. The molecule has 0 aliphatic carbocycles. The fourth-order valence-electron chi connectivity index (χ4n) is 7.40. The minimum absolute atomic E-state index is 0.623. The smallest absolute Gasteiger partial charge is 0.166 e. The number of aromatic nitrogens is 5. The van der Waals surface area contributed by atoms with E-state index in [0.717, 1.165) is 44.6 Å². The number of para-hydroxylation sites is 4. The highest BCUT2D eigenvalue weighted by Crippen LogP contribution is 2.43. The first-order valence-electron chi connectivity index (χ1n) is 16.8. The molecule has 0 fully saturated rings. The molecule has 0 aliphatic rings. The first kappa shape index (κ1) is 28.2. The van der Waals surface area contributed by atoms with Crippen molar-refractivity contribution in [2.45, 2.75) is 0 Å². The maximum atomic E-state index is 5.15. The molecule has 0 amide bonds. The lowest BCUT2D eigenvalue weighted by atomic mass is 10.1. The Balaban J connectivity index is 1.32. The zero-order chi connectivity index (χ0) is 33.0. The van der Waals surface area contributed by atoms with Gasteiger partial charge < -0.3 is 9.13 Å². The second kappa shape index (κ2) is 11.4. The van der Waals surface area contributed by atoms with Crippen molar-refractivity contribution in [3.8, 4) is 45.5 Å². The van der Waals surface area contributed by atoms with Gasteiger partial charge in [-0.25, -0.2) is 15.0 Å². The van der Waals surface area contributed by atoms with E-state index in [1.54, 1.807) is 0 Å². The molecule has 0 atom stereocenters. The lowest BCUT2D eigenvalue weighted by molar-refractivity contribution is 1.06. The van der Waals surface area contributed by atoms with Crippen LogP contribution in [0.15, 0.2) is 176 Å². The van der Waals surface area contributed by atoms with Gasteiger partial charge in [0.2, 0.25) is 0 Å². The molecule has 0 radical (unpaired) electrons. The van der Waals surface area contributed by atoms with E-state index >= 15 is 0 Å². The standard InChI is InChI=1S/C45H29N5/c1-4-16-30(17-5-1)43-46-44(31-18-6-2-7-19-31)48-45(47-43)36-24-12-15-27-39(36)50-37-25-13-10-22-33(37)34-28-29-40-41(42(34)50)35-23-11-14-26-38(35)49(40)32-20-8-3-9-21-32/h1-29H. The molecular weight excluding hydrogens is 611 g/mol. The van der Waals surface area contributed by atoms with Crippen LogP contribution in [-0.4, -0.2) is 24.1 Å². The van der Waals surface area contributed by atoms with Gasteiger partial charge in [-0.3, -0.25) is 0 Å². The van der Waals surface area contributed by atoms with Crippen LogP contribution in [0.2, 0.25) is 0 Å². The minimum atomic E-state index is 0.623. The first-order valence-corrected chi connectivity index (χ1v) is 16.8. The van der Waals surface area contributed by atoms with Crippen molar-refractivity contribution < 1.29 is 0 Å². The van der Waals surface area contributed by atoms with Crippen LogP contribution in [-0.2, 0) is 0 Å². The number of rotatable bonds is 5. The first-order chi connectivity index (χ1) is 24.8. The number of fused-ring (bicyclic) bond motifs is 7. The maximum absolute atomic E-state index is 5.15. The van der Waals surface area contributed by atoms with Crippen molar-refractivity contribution in [1.82, 2.24) is 24.1 Å². The number of hydrogen-bond acceptors (Lipinski definition) is 3. The van der Waals surface area contributed by atoms with Gasteiger partial charge in [0, 0.05) is 43.9 Å². The predicted octanol–water partition coefficient (Wildman–Crippen LogP) is 11.1. The van der Waals surface area contributed by atoms with Crippen molar-refractivity contribution in [2.75, 3.05) is 0 Å². The van der Waals surface area contributed by atoms with Crippen LogP contribution in [0.5, 0.6) is 0 Å². The van der Waals surface area contributed by atoms with E-state index in [1.807, 2.05) is 60.7 Å². The molecule has 50 heavy (non-hydrogen) atoms. The molecular formula is C45H29N5. The Labute approximate surface area is 288 Å². The molecule has 3 aromatic heterocycles. The lowest BCUT2D eigenvalue weighted by Gasteiger charge is -2.15. The maximum Gasteiger partial charge on any atom is 0.166 e. The molecule has 10 aromatic rings. The molecule has 0 aliphatic heterocycles. The van der Waals surface area contributed by atoms with Gasteiger partial charge in [-0.15, -0.1) is 0 Å². The summed E-state index contributed by atoms with van der Waals surface area (Å²) in [4.78, 5) is 15.3. The molecule has 5 heteroatoms. The Morgan fingerprint density at radius 1 is 0.340 bits per heavy atom. The summed E-state index contributed by atoms with van der Waals surface area (Å²) < 4.78 is 4.79.